The van der Waals surface area contributed by atoms with Crippen molar-refractivity contribution < 1.29 is 13.2 Å². The van der Waals surface area contributed by atoms with Crippen LogP contribution < -0.4 is 5.73 Å². The predicted molar refractivity (Wildman–Crippen MR) is 65.6 cm³/mol. The number of fused-ring (bicyclic) bond motifs is 1. The zero-order valence-corrected chi connectivity index (χ0v) is 11.1. The second-order valence-electron chi connectivity index (χ2n) is 5.66. The molecule has 112 valence electrons. The van der Waals surface area contributed by atoms with Crippen molar-refractivity contribution in [2.24, 2.45) is 11.7 Å². The Labute approximate surface area is 114 Å². The molecule has 0 saturated heterocycles. The Morgan fingerprint density at radius 2 is 2.00 bits per heavy atom. The first-order valence-electron chi connectivity index (χ1n) is 6.92. The second kappa shape index (κ2) is 5.00. The lowest BCUT2D eigenvalue weighted by Gasteiger charge is -2.28. The molecule has 0 radical (unpaired) electrons. The van der Waals surface area contributed by atoms with Gasteiger partial charge in [0.1, 0.15) is 5.82 Å². The van der Waals surface area contributed by atoms with Crippen LogP contribution in [0, 0.1) is 5.92 Å². The Morgan fingerprint density at radius 3 is 2.65 bits per heavy atom. The monoisotopic (exact) mass is 289 g/mol. The van der Waals surface area contributed by atoms with Crippen LogP contribution in [-0.2, 0) is 19.3 Å². The lowest BCUT2D eigenvalue weighted by atomic mass is 10.1. The molecule has 1 aromatic heterocycles. The quantitative estimate of drug-likeness (QED) is 0.906. The van der Waals surface area contributed by atoms with Crippen molar-refractivity contribution in [1.29, 1.82) is 0 Å². The van der Waals surface area contributed by atoms with Crippen LogP contribution in [-0.4, -0.2) is 38.8 Å². The van der Waals surface area contributed by atoms with Gasteiger partial charge >= 0.3 is 6.18 Å². The molecule has 0 bridgehead atoms. The summed E-state index contributed by atoms with van der Waals surface area (Å²) in [7, 11) is 0. The van der Waals surface area contributed by atoms with Crippen LogP contribution in [0.3, 0.4) is 0 Å². The van der Waals surface area contributed by atoms with Crippen molar-refractivity contribution in [3.63, 3.8) is 0 Å². The van der Waals surface area contributed by atoms with Gasteiger partial charge in [-0.3, -0.25) is 4.90 Å². The maximum absolute atomic E-state index is 12.7. The van der Waals surface area contributed by atoms with Crippen molar-refractivity contribution in [2.45, 2.75) is 44.6 Å². The van der Waals surface area contributed by atoms with E-state index in [-0.39, 0.29) is 12.6 Å². The van der Waals surface area contributed by atoms with E-state index in [1.54, 1.807) is 0 Å². The Bertz CT molecular complexity index is 480. The van der Waals surface area contributed by atoms with Gasteiger partial charge in [-0.2, -0.15) is 13.2 Å². The van der Waals surface area contributed by atoms with E-state index >= 15 is 0 Å². The molecule has 3 rings (SSSR count). The van der Waals surface area contributed by atoms with Crippen molar-refractivity contribution in [3.8, 4) is 0 Å². The molecule has 1 saturated carbocycles. The second-order valence-corrected chi connectivity index (χ2v) is 5.66. The molecule has 5 nitrogen and oxygen atoms in total. The first-order chi connectivity index (χ1) is 9.45. The van der Waals surface area contributed by atoms with E-state index in [1.807, 2.05) is 0 Å². The van der Waals surface area contributed by atoms with Gasteiger partial charge in [0.05, 0.1) is 6.54 Å². The summed E-state index contributed by atoms with van der Waals surface area (Å²) in [6.07, 6.45) is -1.11. The van der Waals surface area contributed by atoms with Gasteiger partial charge in [-0.15, -0.1) is 10.2 Å². The average molecular weight is 289 g/mol. The number of alkyl halides is 3. The van der Waals surface area contributed by atoms with E-state index in [0.29, 0.717) is 24.8 Å². The maximum Gasteiger partial charge on any atom is 0.451 e. The summed E-state index contributed by atoms with van der Waals surface area (Å²) >= 11 is 0. The lowest BCUT2D eigenvalue weighted by Crippen LogP contribution is -2.38. The summed E-state index contributed by atoms with van der Waals surface area (Å²) in [6, 6.07) is 0.223. The topological polar surface area (TPSA) is 60.0 Å². The molecule has 2 heterocycles. The van der Waals surface area contributed by atoms with Crippen LogP contribution in [0.5, 0.6) is 0 Å². The van der Waals surface area contributed by atoms with Gasteiger partial charge in [0.15, 0.2) is 0 Å². The average Bonchev–Trinajstić information content (AvgIpc) is 3.14. The summed E-state index contributed by atoms with van der Waals surface area (Å²) in [6.45, 7) is 2.10. The third kappa shape index (κ3) is 2.80. The maximum atomic E-state index is 12.7. The molecule has 8 heteroatoms. The van der Waals surface area contributed by atoms with Crippen molar-refractivity contribution in [2.75, 3.05) is 13.1 Å². The fourth-order valence-corrected chi connectivity index (χ4v) is 2.70. The molecular weight excluding hydrogens is 271 g/mol. The van der Waals surface area contributed by atoms with Crippen molar-refractivity contribution in [3.05, 3.63) is 11.6 Å². The van der Waals surface area contributed by atoms with Crippen LogP contribution in [0.1, 0.15) is 30.9 Å². The zero-order chi connectivity index (χ0) is 14.3. The minimum absolute atomic E-state index is 0.223. The molecule has 2 N–H and O–H groups in total. The van der Waals surface area contributed by atoms with Crippen LogP contribution in [0.2, 0.25) is 0 Å². The molecule has 1 atom stereocenters. The number of hydrogen-bond donors (Lipinski definition) is 1. The minimum atomic E-state index is -4.43. The standard InChI is InChI=1S/C12H18F3N5/c13-12(14,15)11-18-17-10-7-19(5-6-20(10)11)4-3-9(16)8-1-2-8/h8-9H,1-7,16H2. The highest BCUT2D eigenvalue weighted by Crippen LogP contribution is 2.33. The fourth-order valence-electron chi connectivity index (χ4n) is 2.70. The largest absolute Gasteiger partial charge is 0.451 e. The molecule has 0 amide bonds. The van der Waals surface area contributed by atoms with Gasteiger partial charge in [0, 0.05) is 25.7 Å². The zero-order valence-electron chi connectivity index (χ0n) is 11.1. The fraction of sp³-hybridized carbons (Fsp3) is 0.833. The van der Waals surface area contributed by atoms with E-state index in [9.17, 15) is 13.2 Å². The Balaban J connectivity index is 1.60. The third-order valence-corrected chi connectivity index (χ3v) is 4.09. The van der Waals surface area contributed by atoms with Crippen LogP contribution in [0.25, 0.3) is 0 Å². The summed E-state index contributed by atoms with van der Waals surface area (Å²) in [5.74, 6) is 0.158. The predicted octanol–water partition coefficient (Wildman–Crippen LogP) is 1.24. The van der Waals surface area contributed by atoms with E-state index < -0.39 is 12.0 Å². The molecule has 1 aliphatic heterocycles. The molecule has 20 heavy (non-hydrogen) atoms. The summed E-state index contributed by atoms with van der Waals surface area (Å²) < 4.78 is 39.3. The number of aromatic nitrogens is 3. The number of halogens is 3. The number of hydrogen-bond acceptors (Lipinski definition) is 4. The van der Waals surface area contributed by atoms with E-state index in [1.165, 1.54) is 17.4 Å². The normalized spacial score (nSPS) is 21.8. The van der Waals surface area contributed by atoms with E-state index in [4.69, 9.17) is 5.73 Å². The molecule has 1 aromatic rings. The Kier molecular flexibility index (Phi) is 3.45. The first kappa shape index (κ1) is 13.8. The van der Waals surface area contributed by atoms with Gasteiger partial charge in [0.25, 0.3) is 0 Å². The molecule has 0 spiro atoms. The molecule has 1 unspecified atom stereocenters. The highest BCUT2D eigenvalue weighted by molar-refractivity contribution is 5.02. The molecule has 2 aliphatic rings. The van der Waals surface area contributed by atoms with Crippen molar-refractivity contribution in [1.82, 2.24) is 19.7 Å². The van der Waals surface area contributed by atoms with Crippen LogP contribution >= 0.6 is 0 Å². The summed E-state index contributed by atoms with van der Waals surface area (Å²) in [5, 5.41) is 6.94. The number of nitrogens with two attached hydrogens (primary N) is 1. The lowest BCUT2D eigenvalue weighted by molar-refractivity contribution is -0.148. The van der Waals surface area contributed by atoms with Gasteiger partial charge in [0.2, 0.25) is 5.82 Å². The highest BCUT2D eigenvalue weighted by Gasteiger charge is 2.39. The van der Waals surface area contributed by atoms with Gasteiger partial charge < -0.3 is 10.3 Å². The van der Waals surface area contributed by atoms with Gasteiger partial charge in [-0.1, -0.05) is 0 Å². The number of rotatable bonds is 4. The van der Waals surface area contributed by atoms with Crippen molar-refractivity contribution >= 4 is 0 Å². The SMILES string of the molecule is NC(CCN1CCn2c(nnc2C(F)(F)F)C1)C1CC1. The molecule has 1 aliphatic carbocycles. The minimum Gasteiger partial charge on any atom is -0.327 e. The van der Waals surface area contributed by atoms with Gasteiger partial charge in [-0.05, 0) is 25.2 Å². The Hall–Kier alpha value is -1.15. The molecule has 1 fully saturated rings. The Morgan fingerprint density at radius 1 is 1.25 bits per heavy atom. The van der Waals surface area contributed by atoms with Crippen LogP contribution in [0.15, 0.2) is 0 Å². The highest BCUT2D eigenvalue weighted by atomic mass is 19.4. The summed E-state index contributed by atoms with van der Waals surface area (Å²) in [5.41, 5.74) is 6.04. The summed E-state index contributed by atoms with van der Waals surface area (Å²) in [4.78, 5) is 2.10. The smallest absolute Gasteiger partial charge is 0.327 e. The van der Waals surface area contributed by atoms with E-state index in [2.05, 4.69) is 15.1 Å². The third-order valence-electron chi connectivity index (χ3n) is 4.09. The van der Waals surface area contributed by atoms with E-state index in [0.717, 1.165) is 13.0 Å². The molecule has 0 aromatic carbocycles. The molecular formula is C12H18F3N5. The van der Waals surface area contributed by atoms with Crippen LogP contribution in [0.4, 0.5) is 13.2 Å². The first-order valence-corrected chi connectivity index (χ1v) is 6.92. The van der Waals surface area contributed by atoms with Gasteiger partial charge in [-0.25, -0.2) is 0 Å². The number of nitrogens with zero attached hydrogens (tertiary/aromatic N) is 4.